The smallest absolute Gasteiger partial charge is 0.416 e. The SMILES string of the molecule is Oc1cc(C(S)c2cccc(C(F)(F)F)c2)nc2nc(Cc3ccccc3)nn12. The lowest BCUT2D eigenvalue weighted by Crippen LogP contribution is -2.07. The van der Waals surface area contributed by atoms with Gasteiger partial charge in [0.1, 0.15) is 0 Å². The molecular formula is C20H15F3N4OS. The molecule has 0 aliphatic carbocycles. The van der Waals surface area contributed by atoms with Crippen LogP contribution in [0.5, 0.6) is 5.88 Å². The number of thiol groups is 1. The van der Waals surface area contributed by atoms with Crippen molar-refractivity contribution >= 4 is 18.4 Å². The number of halogens is 3. The first-order valence-electron chi connectivity index (χ1n) is 8.66. The van der Waals surface area contributed by atoms with Crippen molar-refractivity contribution in [2.24, 2.45) is 0 Å². The topological polar surface area (TPSA) is 63.3 Å². The molecule has 0 spiro atoms. The molecule has 1 N–H and O–H groups in total. The summed E-state index contributed by atoms with van der Waals surface area (Å²) < 4.78 is 40.1. The molecule has 4 aromatic rings. The van der Waals surface area contributed by atoms with Gasteiger partial charge in [-0.15, -0.1) is 5.10 Å². The van der Waals surface area contributed by atoms with E-state index in [1.54, 1.807) is 0 Å². The van der Waals surface area contributed by atoms with Gasteiger partial charge in [-0.3, -0.25) is 0 Å². The highest BCUT2D eigenvalue weighted by Crippen LogP contribution is 2.34. The standard InChI is InChI=1S/C20H15F3N4OS/c21-20(22,23)14-8-4-7-13(10-14)18(29)15-11-17(28)27-19(24-15)25-16(26-27)9-12-5-2-1-3-6-12/h1-8,10-11,18,28-29H,9H2. The predicted molar refractivity (Wildman–Crippen MR) is 104 cm³/mol. The summed E-state index contributed by atoms with van der Waals surface area (Å²) in [6.45, 7) is 0. The van der Waals surface area contributed by atoms with Crippen LogP contribution in [0.1, 0.15) is 33.5 Å². The normalized spacial score (nSPS) is 13.0. The van der Waals surface area contributed by atoms with Gasteiger partial charge in [0.25, 0.3) is 5.78 Å². The second-order valence-corrected chi connectivity index (χ2v) is 6.98. The molecule has 29 heavy (non-hydrogen) atoms. The van der Waals surface area contributed by atoms with Crippen LogP contribution >= 0.6 is 12.6 Å². The summed E-state index contributed by atoms with van der Waals surface area (Å²) in [6, 6.07) is 15.8. The van der Waals surface area contributed by atoms with Crippen molar-refractivity contribution in [3.8, 4) is 5.88 Å². The second kappa shape index (κ2) is 7.40. The van der Waals surface area contributed by atoms with Gasteiger partial charge in [0.05, 0.1) is 16.5 Å². The fourth-order valence-corrected chi connectivity index (χ4v) is 3.25. The van der Waals surface area contributed by atoms with Gasteiger partial charge in [-0.2, -0.15) is 35.3 Å². The first-order chi connectivity index (χ1) is 13.8. The highest BCUT2D eigenvalue weighted by Gasteiger charge is 2.31. The van der Waals surface area contributed by atoms with E-state index in [1.165, 1.54) is 22.7 Å². The summed E-state index contributed by atoms with van der Waals surface area (Å²) >= 11 is 4.41. The zero-order valence-corrected chi connectivity index (χ0v) is 15.8. The summed E-state index contributed by atoms with van der Waals surface area (Å²) in [5.41, 5.74) is 0.811. The van der Waals surface area contributed by atoms with E-state index >= 15 is 0 Å². The van der Waals surface area contributed by atoms with Gasteiger partial charge in [0, 0.05) is 12.5 Å². The number of hydrogen-bond acceptors (Lipinski definition) is 5. The summed E-state index contributed by atoms with van der Waals surface area (Å²) in [5, 5.41) is 13.8. The number of fused-ring (bicyclic) bond motifs is 1. The fraction of sp³-hybridized carbons (Fsp3) is 0.150. The fourth-order valence-electron chi connectivity index (χ4n) is 2.96. The molecule has 0 radical (unpaired) electrons. The summed E-state index contributed by atoms with van der Waals surface area (Å²) in [7, 11) is 0. The van der Waals surface area contributed by atoms with E-state index in [1.807, 2.05) is 30.3 Å². The molecule has 1 unspecified atom stereocenters. The van der Waals surface area contributed by atoms with Crippen molar-refractivity contribution in [2.75, 3.05) is 0 Å². The molecule has 9 heteroatoms. The average Bonchev–Trinajstić information content (AvgIpc) is 3.10. The Kier molecular flexibility index (Phi) is 4.91. The Hall–Kier alpha value is -3.07. The number of nitrogens with zero attached hydrogens (tertiary/aromatic N) is 4. The molecule has 0 saturated carbocycles. The minimum atomic E-state index is -4.46. The quantitative estimate of drug-likeness (QED) is 0.482. The van der Waals surface area contributed by atoms with Crippen LogP contribution in [-0.4, -0.2) is 24.7 Å². The van der Waals surface area contributed by atoms with E-state index < -0.39 is 17.0 Å². The Balaban J connectivity index is 1.68. The summed E-state index contributed by atoms with van der Waals surface area (Å²) in [6.07, 6.45) is -4.00. The van der Waals surface area contributed by atoms with E-state index in [4.69, 9.17) is 0 Å². The molecule has 1 atom stereocenters. The minimum absolute atomic E-state index is 0.150. The van der Waals surface area contributed by atoms with E-state index in [0.717, 1.165) is 17.7 Å². The van der Waals surface area contributed by atoms with Gasteiger partial charge in [-0.25, -0.2) is 4.98 Å². The summed E-state index contributed by atoms with van der Waals surface area (Å²) in [5.74, 6) is 0.394. The van der Waals surface area contributed by atoms with Crippen LogP contribution in [0.15, 0.2) is 60.7 Å². The Bertz CT molecular complexity index is 1160. The molecule has 148 valence electrons. The van der Waals surface area contributed by atoms with Gasteiger partial charge >= 0.3 is 6.18 Å². The maximum Gasteiger partial charge on any atom is 0.416 e. The maximum absolute atomic E-state index is 13.0. The van der Waals surface area contributed by atoms with Crippen LogP contribution < -0.4 is 0 Å². The Morgan fingerprint density at radius 2 is 1.76 bits per heavy atom. The minimum Gasteiger partial charge on any atom is -0.493 e. The number of hydrogen-bond donors (Lipinski definition) is 2. The molecule has 5 nitrogen and oxygen atoms in total. The first kappa shape index (κ1) is 19.3. The van der Waals surface area contributed by atoms with Gasteiger partial charge in [-0.1, -0.05) is 48.5 Å². The molecule has 2 heterocycles. The van der Waals surface area contributed by atoms with Crippen molar-refractivity contribution in [3.63, 3.8) is 0 Å². The van der Waals surface area contributed by atoms with E-state index in [9.17, 15) is 18.3 Å². The monoisotopic (exact) mass is 416 g/mol. The van der Waals surface area contributed by atoms with Crippen molar-refractivity contribution < 1.29 is 18.3 Å². The largest absolute Gasteiger partial charge is 0.493 e. The third kappa shape index (κ3) is 4.04. The van der Waals surface area contributed by atoms with Gasteiger partial charge < -0.3 is 5.11 Å². The molecule has 2 aromatic carbocycles. The molecule has 0 bridgehead atoms. The Morgan fingerprint density at radius 3 is 2.48 bits per heavy atom. The van der Waals surface area contributed by atoms with Crippen molar-refractivity contribution in [1.29, 1.82) is 0 Å². The molecular weight excluding hydrogens is 401 g/mol. The van der Waals surface area contributed by atoms with Crippen molar-refractivity contribution in [3.05, 3.63) is 88.9 Å². The molecule has 0 aliphatic rings. The number of alkyl halides is 3. The lowest BCUT2D eigenvalue weighted by atomic mass is 10.1. The number of benzene rings is 2. The highest BCUT2D eigenvalue weighted by atomic mass is 32.1. The maximum atomic E-state index is 13.0. The van der Waals surface area contributed by atoms with Crippen LogP contribution in [0.25, 0.3) is 5.78 Å². The van der Waals surface area contributed by atoms with Gasteiger partial charge in [0.2, 0.25) is 5.88 Å². The second-order valence-electron chi connectivity index (χ2n) is 6.47. The lowest BCUT2D eigenvalue weighted by Gasteiger charge is -2.14. The van der Waals surface area contributed by atoms with Crippen LogP contribution in [0.3, 0.4) is 0 Å². The average molecular weight is 416 g/mol. The van der Waals surface area contributed by atoms with E-state index in [0.29, 0.717) is 17.8 Å². The number of aromatic hydroxyl groups is 1. The third-order valence-corrected chi connectivity index (χ3v) is 4.93. The van der Waals surface area contributed by atoms with Crippen LogP contribution in [0, 0.1) is 0 Å². The molecule has 2 aromatic heterocycles. The molecule has 0 saturated heterocycles. The Labute approximate surface area is 169 Å². The zero-order valence-electron chi connectivity index (χ0n) is 14.9. The van der Waals surface area contributed by atoms with Gasteiger partial charge in [0.15, 0.2) is 5.82 Å². The van der Waals surface area contributed by atoms with Crippen LogP contribution in [-0.2, 0) is 12.6 Å². The van der Waals surface area contributed by atoms with Crippen LogP contribution in [0.4, 0.5) is 13.2 Å². The summed E-state index contributed by atoms with van der Waals surface area (Å²) in [4.78, 5) is 8.67. The molecule has 0 aliphatic heterocycles. The molecule has 0 fully saturated rings. The molecule has 4 rings (SSSR count). The predicted octanol–water partition coefficient (Wildman–Crippen LogP) is 4.46. The van der Waals surface area contributed by atoms with Crippen molar-refractivity contribution in [2.45, 2.75) is 17.8 Å². The highest BCUT2D eigenvalue weighted by molar-refractivity contribution is 7.80. The number of rotatable bonds is 4. The lowest BCUT2D eigenvalue weighted by molar-refractivity contribution is -0.137. The number of aromatic nitrogens is 4. The van der Waals surface area contributed by atoms with Crippen LogP contribution in [0.2, 0.25) is 0 Å². The third-order valence-electron chi connectivity index (χ3n) is 4.37. The first-order valence-corrected chi connectivity index (χ1v) is 9.17. The van der Waals surface area contributed by atoms with E-state index in [-0.39, 0.29) is 17.4 Å². The van der Waals surface area contributed by atoms with E-state index in [2.05, 4.69) is 27.7 Å². The van der Waals surface area contributed by atoms with Gasteiger partial charge in [-0.05, 0) is 17.2 Å². The molecule has 0 amide bonds. The zero-order chi connectivity index (χ0) is 20.6. The van der Waals surface area contributed by atoms with Crippen molar-refractivity contribution in [1.82, 2.24) is 19.6 Å². The Morgan fingerprint density at radius 1 is 1.00 bits per heavy atom.